The molecule has 0 unspecified atom stereocenters. The number of carbonyl (C=O) groups excluding carboxylic acids is 2. The molecule has 2 aromatic rings. The second-order valence-corrected chi connectivity index (χ2v) is 9.90. The number of amides is 1. The van der Waals surface area contributed by atoms with Gasteiger partial charge in [-0.3, -0.25) is 4.79 Å². The Bertz CT molecular complexity index is 997. The summed E-state index contributed by atoms with van der Waals surface area (Å²) in [5, 5.41) is 7.41. The van der Waals surface area contributed by atoms with Crippen LogP contribution in [0, 0.1) is 0 Å². The fraction of sp³-hybridized carbons (Fsp3) is 0.455. The van der Waals surface area contributed by atoms with E-state index in [1.54, 1.807) is 25.1 Å². The number of methoxy groups -OCH3 is 1. The van der Waals surface area contributed by atoms with Gasteiger partial charge in [-0.15, -0.1) is 11.3 Å². The number of rotatable bonds is 5. The lowest BCUT2D eigenvalue weighted by Gasteiger charge is -2.42. The lowest BCUT2D eigenvalue weighted by Crippen LogP contribution is -2.55. The number of hydrogen-bond acceptors (Lipinski definition) is 6. The first kappa shape index (κ1) is 22.6. The van der Waals surface area contributed by atoms with E-state index < -0.39 is 11.9 Å². The minimum absolute atomic E-state index is 0.212. The molecule has 0 atom stereocenters. The van der Waals surface area contributed by atoms with E-state index in [1.165, 1.54) is 18.4 Å². The highest BCUT2D eigenvalue weighted by Gasteiger charge is 2.42. The summed E-state index contributed by atoms with van der Waals surface area (Å²) in [7, 11) is 1.49. The van der Waals surface area contributed by atoms with E-state index in [4.69, 9.17) is 21.1 Å². The lowest BCUT2D eigenvalue weighted by molar-refractivity contribution is 0.0526. The third-order valence-electron chi connectivity index (χ3n) is 4.96. The fourth-order valence-electron chi connectivity index (χ4n) is 4.06. The molecule has 2 heterocycles. The predicted octanol–water partition coefficient (Wildman–Crippen LogP) is 5.00. The van der Waals surface area contributed by atoms with Crippen LogP contribution in [-0.4, -0.2) is 31.1 Å². The van der Waals surface area contributed by atoms with Crippen LogP contribution in [0.15, 0.2) is 18.2 Å². The molecule has 6 nitrogen and oxygen atoms in total. The van der Waals surface area contributed by atoms with Gasteiger partial charge in [0.2, 0.25) is 0 Å². The van der Waals surface area contributed by atoms with Crippen molar-refractivity contribution >= 4 is 39.8 Å². The third-order valence-corrected chi connectivity index (χ3v) is 6.66. The van der Waals surface area contributed by atoms with Crippen LogP contribution in [0.2, 0.25) is 5.02 Å². The second-order valence-electron chi connectivity index (χ2n) is 8.44. The van der Waals surface area contributed by atoms with Gasteiger partial charge in [0.25, 0.3) is 5.91 Å². The van der Waals surface area contributed by atoms with Crippen LogP contribution in [0.25, 0.3) is 0 Å². The van der Waals surface area contributed by atoms with Gasteiger partial charge in [0.05, 0.1) is 24.8 Å². The molecule has 1 amide bonds. The van der Waals surface area contributed by atoms with E-state index in [0.717, 1.165) is 10.4 Å². The highest BCUT2D eigenvalue weighted by molar-refractivity contribution is 7.17. The zero-order valence-corrected chi connectivity index (χ0v) is 19.6. The first-order valence-electron chi connectivity index (χ1n) is 9.76. The van der Waals surface area contributed by atoms with Crippen molar-refractivity contribution in [3.05, 3.63) is 44.8 Å². The number of esters is 1. The Balaban J connectivity index is 2.09. The van der Waals surface area contributed by atoms with Gasteiger partial charge in [0.1, 0.15) is 10.8 Å². The van der Waals surface area contributed by atoms with Crippen LogP contribution in [0.3, 0.4) is 0 Å². The summed E-state index contributed by atoms with van der Waals surface area (Å²) in [5.41, 5.74) is 1.06. The molecule has 0 bridgehead atoms. The van der Waals surface area contributed by atoms with Crippen molar-refractivity contribution < 1.29 is 19.1 Å². The molecule has 1 aromatic carbocycles. The zero-order chi connectivity index (χ0) is 22.3. The zero-order valence-electron chi connectivity index (χ0n) is 18.1. The Morgan fingerprint density at radius 2 is 1.97 bits per heavy atom. The van der Waals surface area contributed by atoms with Crippen LogP contribution in [0.4, 0.5) is 5.00 Å². The fourth-order valence-corrected chi connectivity index (χ4v) is 5.50. The summed E-state index contributed by atoms with van der Waals surface area (Å²) >= 11 is 7.48. The number of ether oxygens (including phenoxy) is 2. The van der Waals surface area contributed by atoms with Crippen molar-refractivity contribution in [1.29, 1.82) is 0 Å². The van der Waals surface area contributed by atoms with Crippen molar-refractivity contribution in [2.24, 2.45) is 0 Å². The Hall–Kier alpha value is -2.09. The molecule has 0 saturated carbocycles. The van der Waals surface area contributed by atoms with Gasteiger partial charge in [-0.25, -0.2) is 4.79 Å². The lowest BCUT2D eigenvalue weighted by atomic mass is 9.81. The molecule has 8 heteroatoms. The maximum atomic E-state index is 13.1. The number of fused-ring (bicyclic) bond motifs is 1. The van der Waals surface area contributed by atoms with Gasteiger partial charge in [0, 0.05) is 21.0 Å². The largest absolute Gasteiger partial charge is 0.496 e. The highest BCUT2D eigenvalue weighted by Crippen LogP contribution is 2.45. The van der Waals surface area contributed by atoms with Gasteiger partial charge in [-0.1, -0.05) is 11.6 Å². The first-order valence-corrected chi connectivity index (χ1v) is 11.0. The van der Waals surface area contributed by atoms with E-state index >= 15 is 0 Å². The molecular formula is C22H27ClN2O4S. The summed E-state index contributed by atoms with van der Waals surface area (Å²) in [5.74, 6) is -0.431. The Morgan fingerprint density at radius 3 is 2.60 bits per heavy atom. The van der Waals surface area contributed by atoms with Crippen LogP contribution in [0.5, 0.6) is 5.75 Å². The van der Waals surface area contributed by atoms with E-state index in [2.05, 4.69) is 38.3 Å². The molecule has 162 valence electrons. The minimum atomic E-state index is -0.433. The van der Waals surface area contributed by atoms with Crippen molar-refractivity contribution in [3.8, 4) is 5.75 Å². The van der Waals surface area contributed by atoms with Gasteiger partial charge < -0.3 is 20.1 Å². The average molecular weight is 451 g/mol. The summed E-state index contributed by atoms with van der Waals surface area (Å²) in [6.07, 6.45) is 0.646. The molecular weight excluding hydrogens is 424 g/mol. The Labute approximate surface area is 185 Å². The Morgan fingerprint density at radius 1 is 1.27 bits per heavy atom. The maximum Gasteiger partial charge on any atom is 0.341 e. The predicted molar refractivity (Wildman–Crippen MR) is 120 cm³/mol. The maximum absolute atomic E-state index is 13.1. The van der Waals surface area contributed by atoms with Crippen molar-refractivity contribution in [2.75, 3.05) is 19.0 Å². The third kappa shape index (κ3) is 4.33. The SMILES string of the molecule is CCOC(=O)c1c(NC(=O)c2cc(Cl)ccc2OC)sc2c1CC(C)(C)NC2(C)C. The number of carbonyl (C=O) groups is 2. The van der Waals surface area contributed by atoms with E-state index in [-0.39, 0.29) is 17.7 Å². The molecule has 0 aliphatic carbocycles. The molecule has 2 N–H and O–H groups in total. The number of hydrogen-bond donors (Lipinski definition) is 2. The summed E-state index contributed by atoms with van der Waals surface area (Å²) < 4.78 is 10.6. The number of benzene rings is 1. The van der Waals surface area contributed by atoms with E-state index in [1.807, 2.05) is 0 Å². The van der Waals surface area contributed by atoms with Crippen LogP contribution in [0.1, 0.15) is 65.8 Å². The molecule has 3 rings (SSSR count). The van der Waals surface area contributed by atoms with Gasteiger partial charge >= 0.3 is 5.97 Å². The number of nitrogens with one attached hydrogen (secondary N) is 2. The molecule has 0 saturated heterocycles. The second kappa shape index (κ2) is 8.21. The van der Waals surface area contributed by atoms with Gasteiger partial charge in [-0.05, 0) is 64.8 Å². The topological polar surface area (TPSA) is 76.7 Å². The Kier molecular flexibility index (Phi) is 6.18. The van der Waals surface area contributed by atoms with E-state index in [9.17, 15) is 9.59 Å². The van der Waals surface area contributed by atoms with Gasteiger partial charge in [0.15, 0.2) is 0 Å². The molecule has 0 radical (unpaired) electrons. The number of thiophene rings is 1. The first-order chi connectivity index (χ1) is 14.0. The van der Waals surface area contributed by atoms with Crippen molar-refractivity contribution in [3.63, 3.8) is 0 Å². The standard InChI is InChI=1S/C22H27ClN2O4S/c1-7-29-20(27)16-14-11-21(2,3)25-22(4,5)17(14)30-19(16)24-18(26)13-10-12(23)8-9-15(13)28-6/h8-10,25H,7,11H2,1-6H3,(H,24,26). The molecule has 0 spiro atoms. The van der Waals surface area contributed by atoms with E-state index in [0.29, 0.717) is 33.3 Å². The monoisotopic (exact) mass is 450 g/mol. The van der Waals surface area contributed by atoms with Crippen LogP contribution in [-0.2, 0) is 16.7 Å². The average Bonchev–Trinajstić information content (AvgIpc) is 2.98. The summed E-state index contributed by atoms with van der Waals surface area (Å²) in [6.45, 7) is 10.4. The van der Waals surface area contributed by atoms with Crippen LogP contribution >= 0.6 is 22.9 Å². The quantitative estimate of drug-likeness (QED) is 0.627. The summed E-state index contributed by atoms with van der Waals surface area (Å²) in [4.78, 5) is 27.0. The molecule has 30 heavy (non-hydrogen) atoms. The minimum Gasteiger partial charge on any atom is -0.496 e. The molecule has 1 aromatic heterocycles. The molecule has 1 aliphatic heterocycles. The normalized spacial score (nSPS) is 16.5. The van der Waals surface area contributed by atoms with Crippen molar-refractivity contribution in [2.45, 2.75) is 52.1 Å². The van der Waals surface area contributed by atoms with Crippen LogP contribution < -0.4 is 15.4 Å². The van der Waals surface area contributed by atoms with Crippen molar-refractivity contribution in [1.82, 2.24) is 5.32 Å². The molecule has 0 fully saturated rings. The smallest absolute Gasteiger partial charge is 0.341 e. The summed E-state index contributed by atoms with van der Waals surface area (Å²) in [6, 6.07) is 4.84. The van der Waals surface area contributed by atoms with Gasteiger partial charge in [-0.2, -0.15) is 0 Å². The highest BCUT2D eigenvalue weighted by atomic mass is 35.5. The molecule has 1 aliphatic rings. The number of anilines is 1. The number of halogens is 1.